The Bertz CT molecular complexity index is 430. The number of nitro groups is 1. The molecule has 1 heterocycles. The van der Waals surface area contributed by atoms with Crippen molar-refractivity contribution in [3.63, 3.8) is 0 Å². The number of nitrogens with one attached hydrogen (secondary N) is 1. The van der Waals surface area contributed by atoms with Gasteiger partial charge in [-0.25, -0.2) is 0 Å². The van der Waals surface area contributed by atoms with Crippen LogP contribution in [-0.2, 0) is 16.1 Å². The van der Waals surface area contributed by atoms with Crippen molar-refractivity contribution in [3.05, 3.63) is 33.9 Å². The van der Waals surface area contributed by atoms with E-state index >= 15 is 0 Å². The Morgan fingerprint density at radius 1 is 1.61 bits per heavy atom. The molecule has 1 aliphatic rings. The van der Waals surface area contributed by atoms with Gasteiger partial charge in [-0.05, 0) is 24.1 Å². The predicted molar refractivity (Wildman–Crippen MR) is 66.7 cm³/mol. The summed E-state index contributed by atoms with van der Waals surface area (Å²) in [5, 5.41) is 13.6. The summed E-state index contributed by atoms with van der Waals surface area (Å²) in [7, 11) is 1.66. The topological polar surface area (TPSA) is 73.6 Å². The second kappa shape index (κ2) is 5.79. The zero-order chi connectivity index (χ0) is 13.0. The number of nitrogens with zero attached hydrogens (tertiary/aromatic N) is 1. The fraction of sp³-hybridized carbons (Fsp3) is 0.500. The number of rotatable bonds is 5. The average Bonchev–Trinajstić information content (AvgIpc) is 2.88. The van der Waals surface area contributed by atoms with E-state index in [1.165, 1.54) is 6.07 Å². The maximum absolute atomic E-state index is 10.8. The molecule has 1 aromatic rings. The normalized spacial score (nSPS) is 18.8. The van der Waals surface area contributed by atoms with E-state index in [9.17, 15) is 10.1 Å². The molecular formula is C12H16N2O4. The molecule has 1 aliphatic heterocycles. The van der Waals surface area contributed by atoms with Gasteiger partial charge in [-0.1, -0.05) is 0 Å². The van der Waals surface area contributed by atoms with Gasteiger partial charge in [0, 0.05) is 19.7 Å². The largest absolute Gasteiger partial charge is 0.383 e. The lowest BCUT2D eigenvalue weighted by Crippen LogP contribution is -2.12. The maximum atomic E-state index is 10.8. The van der Waals surface area contributed by atoms with Gasteiger partial charge in [-0.2, -0.15) is 0 Å². The Morgan fingerprint density at radius 2 is 2.44 bits per heavy atom. The Morgan fingerprint density at radius 3 is 3.06 bits per heavy atom. The molecule has 0 amide bonds. The third-order valence-corrected chi connectivity index (χ3v) is 2.90. The molecule has 0 aliphatic carbocycles. The van der Waals surface area contributed by atoms with Crippen LogP contribution in [0.15, 0.2) is 18.2 Å². The molecule has 1 atom stereocenters. The average molecular weight is 252 g/mol. The van der Waals surface area contributed by atoms with Gasteiger partial charge in [-0.3, -0.25) is 10.1 Å². The van der Waals surface area contributed by atoms with E-state index in [1.807, 2.05) is 0 Å². The summed E-state index contributed by atoms with van der Waals surface area (Å²) in [5.74, 6) is 0. The number of ether oxygens (including phenoxy) is 2. The first-order chi connectivity index (χ1) is 8.70. The number of anilines is 1. The highest BCUT2D eigenvalue weighted by molar-refractivity contribution is 5.62. The Kier molecular flexibility index (Phi) is 4.11. The van der Waals surface area contributed by atoms with Crippen molar-refractivity contribution in [1.29, 1.82) is 0 Å². The number of hydrogen-bond donors (Lipinski definition) is 1. The maximum Gasteiger partial charge on any atom is 0.292 e. The lowest BCUT2D eigenvalue weighted by molar-refractivity contribution is -0.384. The van der Waals surface area contributed by atoms with E-state index < -0.39 is 4.92 Å². The quantitative estimate of drug-likeness (QED) is 0.640. The molecule has 1 fully saturated rings. The molecule has 1 unspecified atom stereocenters. The smallest absolute Gasteiger partial charge is 0.292 e. The molecule has 0 aromatic heterocycles. The van der Waals surface area contributed by atoms with Crippen LogP contribution in [0.4, 0.5) is 11.4 Å². The lowest BCUT2D eigenvalue weighted by atomic mass is 10.2. The fourth-order valence-corrected chi connectivity index (χ4v) is 1.89. The van der Waals surface area contributed by atoms with Crippen molar-refractivity contribution in [2.24, 2.45) is 0 Å². The molecule has 18 heavy (non-hydrogen) atoms. The molecule has 0 spiro atoms. The van der Waals surface area contributed by atoms with Crippen molar-refractivity contribution in [2.75, 3.05) is 25.6 Å². The monoisotopic (exact) mass is 252 g/mol. The summed E-state index contributed by atoms with van der Waals surface area (Å²) in [6, 6.07) is 4.96. The van der Waals surface area contributed by atoms with Crippen molar-refractivity contribution in [1.82, 2.24) is 0 Å². The lowest BCUT2D eigenvalue weighted by Gasteiger charge is -2.10. The van der Waals surface area contributed by atoms with Crippen LogP contribution in [0.5, 0.6) is 0 Å². The molecule has 1 saturated heterocycles. The van der Waals surface area contributed by atoms with Gasteiger partial charge in [0.1, 0.15) is 5.69 Å². The molecule has 0 bridgehead atoms. The van der Waals surface area contributed by atoms with E-state index in [0.29, 0.717) is 18.9 Å². The predicted octanol–water partition coefficient (Wildman–Crippen LogP) is 1.94. The van der Waals surface area contributed by atoms with Gasteiger partial charge in [-0.15, -0.1) is 0 Å². The summed E-state index contributed by atoms with van der Waals surface area (Å²) >= 11 is 0. The summed E-state index contributed by atoms with van der Waals surface area (Å²) in [4.78, 5) is 10.4. The summed E-state index contributed by atoms with van der Waals surface area (Å²) < 4.78 is 10.9. The molecule has 0 radical (unpaired) electrons. The highest BCUT2D eigenvalue weighted by atomic mass is 16.6. The number of nitro benzene ring substituents is 1. The number of benzene rings is 1. The fourth-order valence-electron chi connectivity index (χ4n) is 1.89. The van der Waals surface area contributed by atoms with Crippen molar-refractivity contribution >= 4 is 11.4 Å². The molecule has 6 heteroatoms. The Hall–Kier alpha value is -1.66. The molecule has 6 nitrogen and oxygen atoms in total. The summed E-state index contributed by atoms with van der Waals surface area (Å²) in [5.41, 5.74) is 1.49. The van der Waals surface area contributed by atoms with Crippen LogP contribution >= 0.6 is 0 Å². The first-order valence-electron chi connectivity index (χ1n) is 5.85. The van der Waals surface area contributed by atoms with Crippen LogP contribution in [0.1, 0.15) is 12.0 Å². The molecule has 98 valence electrons. The Balaban J connectivity index is 2.02. The van der Waals surface area contributed by atoms with Crippen LogP contribution in [-0.4, -0.2) is 31.3 Å². The first-order valence-corrected chi connectivity index (χ1v) is 5.85. The van der Waals surface area contributed by atoms with Crippen molar-refractivity contribution < 1.29 is 14.4 Å². The van der Waals surface area contributed by atoms with Crippen molar-refractivity contribution in [2.45, 2.75) is 19.1 Å². The zero-order valence-corrected chi connectivity index (χ0v) is 10.2. The molecule has 1 N–H and O–H groups in total. The third kappa shape index (κ3) is 2.96. The van der Waals surface area contributed by atoms with E-state index in [0.717, 1.165) is 18.6 Å². The van der Waals surface area contributed by atoms with Gasteiger partial charge < -0.3 is 14.8 Å². The minimum Gasteiger partial charge on any atom is -0.383 e. The highest BCUT2D eigenvalue weighted by Crippen LogP contribution is 2.25. The molecule has 1 aromatic carbocycles. The second-order valence-corrected chi connectivity index (χ2v) is 4.16. The highest BCUT2D eigenvalue weighted by Gasteiger charge is 2.17. The second-order valence-electron chi connectivity index (χ2n) is 4.16. The molecule has 0 saturated carbocycles. The zero-order valence-electron chi connectivity index (χ0n) is 10.2. The van der Waals surface area contributed by atoms with Crippen LogP contribution in [0.25, 0.3) is 0 Å². The molecular weight excluding hydrogens is 236 g/mol. The van der Waals surface area contributed by atoms with Gasteiger partial charge in [0.2, 0.25) is 0 Å². The first kappa shape index (κ1) is 12.8. The van der Waals surface area contributed by atoms with Gasteiger partial charge in [0.05, 0.1) is 24.2 Å². The van der Waals surface area contributed by atoms with Crippen LogP contribution in [0.2, 0.25) is 0 Å². The third-order valence-electron chi connectivity index (χ3n) is 2.90. The Labute approximate surface area is 105 Å². The van der Waals surface area contributed by atoms with E-state index in [2.05, 4.69) is 5.32 Å². The summed E-state index contributed by atoms with van der Waals surface area (Å²) in [6.07, 6.45) is 1.05. The number of hydrogen-bond acceptors (Lipinski definition) is 5. The van der Waals surface area contributed by atoms with Gasteiger partial charge in [0.15, 0.2) is 0 Å². The minimum atomic E-state index is -0.402. The summed E-state index contributed by atoms with van der Waals surface area (Å²) in [6.45, 7) is 1.82. The van der Waals surface area contributed by atoms with E-state index in [-0.39, 0.29) is 11.8 Å². The van der Waals surface area contributed by atoms with Crippen molar-refractivity contribution in [3.8, 4) is 0 Å². The van der Waals surface area contributed by atoms with E-state index in [4.69, 9.17) is 9.47 Å². The SMILES string of the molecule is CNc1cc(COC2CCOC2)ccc1[N+](=O)[O-]. The van der Waals surface area contributed by atoms with Gasteiger partial charge in [0.25, 0.3) is 5.69 Å². The van der Waals surface area contributed by atoms with Crippen LogP contribution in [0, 0.1) is 10.1 Å². The van der Waals surface area contributed by atoms with Gasteiger partial charge >= 0.3 is 0 Å². The minimum absolute atomic E-state index is 0.0745. The standard InChI is InChI=1S/C12H16N2O4/c1-13-11-6-9(2-3-12(11)14(15)16)7-18-10-4-5-17-8-10/h2-3,6,10,13H,4-5,7-8H2,1H3. The van der Waals surface area contributed by atoms with Crippen LogP contribution in [0.3, 0.4) is 0 Å². The molecule has 2 rings (SSSR count). The van der Waals surface area contributed by atoms with Crippen LogP contribution < -0.4 is 5.32 Å². The van der Waals surface area contributed by atoms with E-state index in [1.54, 1.807) is 19.2 Å².